The van der Waals surface area contributed by atoms with Crippen molar-refractivity contribution in [2.24, 2.45) is 7.05 Å². The molecule has 0 atom stereocenters. The average molecular weight is 255 g/mol. The van der Waals surface area contributed by atoms with Gasteiger partial charge in [-0.15, -0.1) is 0 Å². The Kier molecular flexibility index (Phi) is 4.13. The van der Waals surface area contributed by atoms with Crippen LogP contribution in [-0.2, 0) is 18.3 Å². The maximum Gasteiger partial charge on any atom is 0.156 e. The lowest BCUT2D eigenvalue weighted by molar-refractivity contribution is -0.114. The van der Waals surface area contributed by atoms with Crippen molar-refractivity contribution in [1.82, 2.24) is 9.78 Å². The van der Waals surface area contributed by atoms with Gasteiger partial charge in [0.2, 0.25) is 0 Å². The summed E-state index contributed by atoms with van der Waals surface area (Å²) in [4.78, 5) is 11.7. The normalized spacial score (nSPS) is 11.0. The van der Waals surface area contributed by atoms with Gasteiger partial charge in [-0.05, 0) is 35.8 Å². The number of hydrogen-bond acceptors (Lipinski definition) is 3. The molecule has 2 rings (SSSR count). The monoisotopic (exact) mass is 255 g/mol. The summed E-state index contributed by atoms with van der Waals surface area (Å²) < 4.78 is 1.74. The minimum absolute atomic E-state index is 0.112. The van der Waals surface area contributed by atoms with Gasteiger partial charge in [-0.1, -0.05) is 18.2 Å². The molecule has 0 radical (unpaired) electrons. The number of benzene rings is 1. The molecule has 0 saturated heterocycles. The quantitative estimate of drug-likeness (QED) is 0.658. The molecular formula is C15H17N3O. The highest BCUT2D eigenvalue weighted by molar-refractivity contribution is 5.93. The smallest absolute Gasteiger partial charge is 0.156 e. The van der Waals surface area contributed by atoms with Crippen LogP contribution < -0.4 is 5.73 Å². The molecule has 4 nitrogen and oxygen atoms in total. The van der Waals surface area contributed by atoms with Gasteiger partial charge in [-0.2, -0.15) is 5.10 Å². The van der Waals surface area contributed by atoms with E-state index in [-0.39, 0.29) is 5.78 Å². The van der Waals surface area contributed by atoms with Crippen LogP contribution in [0.4, 0.5) is 5.69 Å². The lowest BCUT2D eigenvalue weighted by Gasteiger charge is -1.96. The first-order valence-corrected chi connectivity index (χ1v) is 6.17. The molecule has 0 aliphatic rings. The molecule has 2 N–H and O–H groups in total. The van der Waals surface area contributed by atoms with Crippen molar-refractivity contribution in [3.05, 3.63) is 53.9 Å². The third kappa shape index (κ3) is 4.10. The molecule has 0 bridgehead atoms. The van der Waals surface area contributed by atoms with E-state index in [0.29, 0.717) is 6.42 Å². The Hall–Kier alpha value is -2.36. The van der Waals surface area contributed by atoms with Crippen LogP contribution in [0.5, 0.6) is 0 Å². The Labute approximate surface area is 112 Å². The number of ketones is 1. The van der Waals surface area contributed by atoms with Crippen molar-refractivity contribution in [3.63, 3.8) is 0 Å². The summed E-state index contributed by atoms with van der Waals surface area (Å²) >= 11 is 0. The molecule has 0 saturated carbocycles. The SMILES string of the molecule is Cn1cc(CCC(=O)/C=C/c2ccc(N)cc2)cn1. The summed E-state index contributed by atoms with van der Waals surface area (Å²) in [6.45, 7) is 0. The predicted octanol–water partition coefficient (Wildman–Crippen LogP) is 2.22. The first kappa shape index (κ1) is 13.1. The number of rotatable bonds is 5. The van der Waals surface area contributed by atoms with E-state index in [1.54, 1.807) is 17.0 Å². The molecule has 4 heteroatoms. The van der Waals surface area contributed by atoms with Gasteiger partial charge in [-0.25, -0.2) is 0 Å². The second-order valence-corrected chi connectivity index (χ2v) is 4.49. The molecular weight excluding hydrogens is 238 g/mol. The molecule has 1 aromatic carbocycles. The highest BCUT2D eigenvalue weighted by atomic mass is 16.1. The summed E-state index contributed by atoms with van der Waals surface area (Å²) in [7, 11) is 1.87. The van der Waals surface area contributed by atoms with E-state index in [2.05, 4.69) is 5.10 Å². The molecule has 1 heterocycles. The van der Waals surface area contributed by atoms with Gasteiger partial charge < -0.3 is 5.73 Å². The Bertz CT molecular complexity index is 582. The van der Waals surface area contributed by atoms with E-state index in [1.807, 2.05) is 43.6 Å². The van der Waals surface area contributed by atoms with Crippen molar-refractivity contribution in [1.29, 1.82) is 0 Å². The topological polar surface area (TPSA) is 60.9 Å². The first-order valence-electron chi connectivity index (χ1n) is 6.17. The fourth-order valence-corrected chi connectivity index (χ4v) is 1.75. The van der Waals surface area contributed by atoms with Gasteiger partial charge in [0.05, 0.1) is 6.20 Å². The zero-order valence-electron chi connectivity index (χ0n) is 10.9. The average Bonchev–Trinajstić information content (AvgIpc) is 2.81. The zero-order valence-corrected chi connectivity index (χ0v) is 10.9. The van der Waals surface area contributed by atoms with E-state index in [9.17, 15) is 4.79 Å². The second kappa shape index (κ2) is 6.00. The molecule has 0 unspecified atom stereocenters. The molecule has 19 heavy (non-hydrogen) atoms. The molecule has 0 spiro atoms. The van der Waals surface area contributed by atoms with Crippen LogP contribution in [0.1, 0.15) is 17.5 Å². The van der Waals surface area contributed by atoms with Crippen molar-refractivity contribution in [3.8, 4) is 0 Å². The number of anilines is 1. The number of aromatic nitrogens is 2. The molecule has 98 valence electrons. The van der Waals surface area contributed by atoms with Crippen LogP contribution in [-0.4, -0.2) is 15.6 Å². The van der Waals surface area contributed by atoms with Gasteiger partial charge in [0.1, 0.15) is 0 Å². The van der Waals surface area contributed by atoms with Gasteiger partial charge in [0.25, 0.3) is 0 Å². The number of nitrogens with two attached hydrogens (primary N) is 1. The lowest BCUT2D eigenvalue weighted by Crippen LogP contribution is -1.95. The molecule has 0 fully saturated rings. The molecule has 0 aliphatic carbocycles. The fourth-order valence-electron chi connectivity index (χ4n) is 1.75. The minimum Gasteiger partial charge on any atom is -0.399 e. The number of aryl methyl sites for hydroxylation is 2. The Morgan fingerprint density at radius 1 is 1.37 bits per heavy atom. The summed E-state index contributed by atoms with van der Waals surface area (Å²) in [5.74, 6) is 0.112. The van der Waals surface area contributed by atoms with E-state index in [0.717, 1.165) is 23.2 Å². The number of hydrogen-bond donors (Lipinski definition) is 1. The predicted molar refractivity (Wildman–Crippen MR) is 76.4 cm³/mol. The molecule has 2 aromatic rings. The van der Waals surface area contributed by atoms with Crippen LogP contribution in [0.3, 0.4) is 0 Å². The van der Waals surface area contributed by atoms with Gasteiger partial charge in [-0.3, -0.25) is 9.48 Å². The van der Waals surface area contributed by atoms with E-state index < -0.39 is 0 Å². The van der Waals surface area contributed by atoms with Crippen LogP contribution in [0.15, 0.2) is 42.7 Å². The van der Waals surface area contributed by atoms with Crippen molar-refractivity contribution >= 4 is 17.5 Å². The summed E-state index contributed by atoms with van der Waals surface area (Å²) in [5, 5.41) is 4.07. The molecule has 1 aromatic heterocycles. The van der Waals surface area contributed by atoms with Crippen molar-refractivity contribution in [2.45, 2.75) is 12.8 Å². The molecule has 0 aliphatic heterocycles. The van der Waals surface area contributed by atoms with Crippen LogP contribution >= 0.6 is 0 Å². The summed E-state index contributed by atoms with van der Waals surface area (Å²) in [5.41, 5.74) is 8.38. The minimum atomic E-state index is 0.112. The lowest BCUT2D eigenvalue weighted by atomic mass is 10.1. The van der Waals surface area contributed by atoms with Crippen molar-refractivity contribution in [2.75, 3.05) is 5.73 Å². The number of nitrogens with zero attached hydrogens (tertiary/aromatic N) is 2. The summed E-state index contributed by atoms with van der Waals surface area (Å²) in [6, 6.07) is 7.42. The van der Waals surface area contributed by atoms with Gasteiger partial charge >= 0.3 is 0 Å². The van der Waals surface area contributed by atoms with Crippen LogP contribution in [0.2, 0.25) is 0 Å². The fraction of sp³-hybridized carbons (Fsp3) is 0.200. The number of carbonyl (C=O) groups is 1. The standard InChI is InChI=1S/C15H17N3O/c1-18-11-13(10-17-18)5-9-15(19)8-4-12-2-6-14(16)7-3-12/h2-4,6-8,10-11H,5,9,16H2,1H3/b8-4+. The Morgan fingerprint density at radius 3 is 2.74 bits per heavy atom. The zero-order chi connectivity index (χ0) is 13.7. The summed E-state index contributed by atoms with van der Waals surface area (Å²) in [6.07, 6.45) is 8.36. The third-order valence-electron chi connectivity index (χ3n) is 2.82. The Balaban J connectivity index is 1.85. The third-order valence-corrected chi connectivity index (χ3v) is 2.82. The maximum absolute atomic E-state index is 11.7. The van der Waals surface area contributed by atoms with E-state index in [1.165, 1.54) is 0 Å². The maximum atomic E-state index is 11.7. The molecule has 0 amide bonds. The number of nitrogen functional groups attached to an aromatic ring is 1. The van der Waals surface area contributed by atoms with Crippen molar-refractivity contribution < 1.29 is 4.79 Å². The van der Waals surface area contributed by atoms with Crippen LogP contribution in [0, 0.1) is 0 Å². The van der Waals surface area contributed by atoms with E-state index in [4.69, 9.17) is 5.73 Å². The first-order chi connectivity index (χ1) is 9.13. The second-order valence-electron chi connectivity index (χ2n) is 4.49. The van der Waals surface area contributed by atoms with Gasteiger partial charge in [0.15, 0.2) is 5.78 Å². The van der Waals surface area contributed by atoms with Crippen LogP contribution in [0.25, 0.3) is 6.08 Å². The van der Waals surface area contributed by atoms with Gasteiger partial charge in [0, 0.05) is 25.4 Å². The number of carbonyl (C=O) groups excluding carboxylic acids is 1. The highest BCUT2D eigenvalue weighted by Crippen LogP contribution is 2.08. The largest absolute Gasteiger partial charge is 0.399 e. The Morgan fingerprint density at radius 2 is 2.11 bits per heavy atom. The van der Waals surface area contributed by atoms with E-state index >= 15 is 0 Å². The number of allylic oxidation sites excluding steroid dienone is 1. The highest BCUT2D eigenvalue weighted by Gasteiger charge is 2.00.